The molecule has 1 saturated heterocycles. The summed E-state index contributed by atoms with van der Waals surface area (Å²) in [5.74, 6) is -0.132. The van der Waals surface area contributed by atoms with Gasteiger partial charge < -0.3 is 9.33 Å². The Labute approximate surface area is 97.5 Å². The number of hydrogen-bond donors (Lipinski definition) is 0. The molecule has 0 N–H and O–H groups in total. The van der Waals surface area contributed by atoms with Gasteiger partial charge in [-0.3, -0.25) is 9.69 Å². The third kappa shape index (κ3) is 3.05. The van der Waals surface area contributed by atoms with Gasteiger partial charge in [0.15, 0.2) is 8.32 Å². The maximum Gasteiger partial charge on any atom is 0.326 e. The molecule has 1 aliphatic rings. The molecule has 0 saturated carbocycles. The van der Waals surface area contributed by atoms with Gasteiger partial charge in [0.05, 0.1) is 12.6 Å². The van der Waals surface area contributed by atoms with Gasteiger partial charge >= 0.3 is 6.03 Å². The SMILES string of the molecule is CN1C(=O)CC(CO[Si](C)(C)C)N(C)C1=O. The summed E-state index contributed by atoms with van der Waals surface area (Å²) in [7, 11) is 1.63. The number of hydrogen-bond acceptors (Lipinski definition) is 3. The predicted octanol–water partition coefficient (Wildman–Crippen LogP) is 1.12. The highest BCUT2D eigenvalue weighted by molar-refractivity contribution is 6.69. The van der Waals surface area contributed by atoms with E-state index in [9.17, 15) is 9.59 Å². The molecule has 0 aliphatic carbocycles. The molecule has 0 aromatic heterocycles. The van der Waals surface area contributed by atoms with Crippen LogP contribution in [0.25, 0.3) is 0 Å². The first-order valence-corrected chi connectivity index (χ1v) is 8.80. The number of imide groups is 1. The summed E-state index contributed by atoms with van der Waals surface area (Å²) in [5, 5.41) is 0. The van der Waals surface area contributed by atoms with Crippen LogP contribution in [0.1, 0.15) is 6.42 Å². The van der Waals surface area contributed by atoms with Gasteiger partial charge in [-0.15, -0.1) is 0 Å². The number of urea groups is 1. The fourth-order valence-electron chi connectivity index (χ4n) is 1.49. The number of carbonyl (C=O) groups excluding carboxylic acids is 2. The second-order valence-corrected chi connectivity index (χ2v) is 9.64. The van der Waals surface area contributed by atoms with Crippen molar-refractivity contribution in [3.63, 3.8) is 0 Å². The quantitative estimate of drug-likeness (QED) is 0.699. The molecule has 1 atom stereocenters. The van der Waals surface area contributed by atoms with E-state index < -0.39 is 8.32 Å². The van der Waals surface area contributed by atoms with E-state index in [0.29, 0.717) is 13.0 Å². The molecule has 16 heavy (non-hydrogen) atoms. The van der Waals surface area contributed by atoms with Crippen LogP contribution < -0.4 is 0 Å². The summed E-state index contributed by atoms with van der Waals surface area (Å²) in [6.07, 6.45) is 0.350. The molecule has 0 aromatic carbocycles. The Kier molecular flexibility index (Phi) is 3.74. The van der Waals surface area contributed by atoms with Gasteiger partial charge in [-0.05, 0) is 19.6 Å². The third-order valence-electron chi connectivity index (χ3n) is 2.63. The van der Waals surface area contributed by atoms with Crippen LogP contribution in [0, 0.1) is 0 Å². The molecule has 1 rings (SSSR count). The minimum absolute atomic E-state index is 0.122. The van der Waals surface area contributed by atoms with Crippen LogP contribution >= 0.6 is 0 Å². The first-order valence-electron chi connectivity index (χ1n) is 5.39. The highest BCUT2D eigenvalue weighted by Crippen LogP contribution is 2.16. The Hall–Kier alpha value is -0.883. The molecule has 5 nitrogen and oxygen atoms in total. The monoisotopic (exact) mass is 244 g/mol. The molecule has 1 aliphatic heterocycles. The van der Waals surface area contributed by atoms with Crippen LogP contribution in [-0.4, -0.2) is 56.8 Å². The second-order valence-electron chi connectivity index (χ2n) is 5.13. The van der Waals surface area contributed by atoms with E-state index in [2.05, 4.69) is 19.6 Å². The van der Waals surface area contributed by atoms with Gasteiger partial charge in [0.1, 0.15) is 0 Å². The van der Waals surface area contributed by atoms with Crippen molar-refractivity contribution in [3.8, 4) is 0 Å². The molecule has 0 spiro atoms. The summed E-state index contributed by atoms with van der Waals surface area (Å²) in [6, 6.07) is -0.372. The zero-order valence-corrected chi connectivity index (χ0v) is 11.6. The Morgan fingerprint density at radius 3 is 2.38 bits per heavy atom. The molecule has 1 heterocycles. The lowest BCUT2D eigenvalue weighted by molar-refractivity contribution is -0.131. The average molecular weight is 244 g/mol. The zero-order chi connectivity index (χ0) is 12.5. The maximum absolute atomic E-state index is 11.7. The molecule has 1 unspecified atom stereocenters. The highest BCUT2D eigenvalue weighted by atomic mass is 28.4. The van der Waals surface area contributed by atoms with E-state index in [1.807, 2.05) is 0 Å². The molecule has 0 radical (unpaired) electrons. The van der Waals surface area contributed by atoms with Crippen molar-refractivity contribution >= 4 is 20.3 Å². The lowest BCUT2D eigenvalue weighted by Crippen LogP contribution is -2.55. The summed E-state index contributed by atoms with van der Waals surface area (Å²) >= 11 is 0. The fraction of sp³-hybridized carbons (Fsp3) is 0.800. The summed E-state index contributed by atoms with van der Waals surface area (Å²) in [4.78, 5) is 25.9. The lowest BCUT2D eigenvalue weighted by Gasteiger charge is -2.37. The summed E-state index contributed by atoms with van der Waals surface area (Å²) < 4.78 is 5.75. The first kappa shape index (κ1) is 13.2. The van der Waals surface area contributed by atoms with E-state index in [-0.39, 0.29) is 18.0 Å². The Balaban J connectivity index is 2.61. The van der Waals surface area contributed by atoms with Crippen LogP contribution in [0.3, 0.4) is 0 Å². The third-order valence-corrected chi connectivity index (χ3v) is 3.66. The van der Waals surface area contributed by atoms with Crippen LogP contribution in [0.5, 0.6) is 0 Å². The molecule has 0 bridgehead atoms. The van der Waals surface area contributed by atoms with Gasteiger partial charge in [0, 0.05) is 20.5 Å². The van der Waals surface area contributed by atoms with Crippen LogP contribution in [0.4, 0.5) is 4.79 Å². The number of amides is 3. The van der Waals surface area contributed by atoms with Crippen molar-refractivity contribution in [2.24, 2.45) is 0 Å². The van der Waals surface area contributed by atoms with Crippen LogP contribution in [-0.2, 0) is 9.22 Å². The number of carbonyl (C=O) groups is 2. The number of likely N-dealkylation sites (N-methyl/N-ethyl adjacent to an activating group) is 1. The van der Waals surface area contributed by atoms with Crippen molar-refractivity contribution in [1.82, 2.24) is 9.80 Å². The minimum atomic E-state index is -1.59. The fourth-order valence-corrected chi connectivity index (χ4v) is 2.18. The first-order chi connectivity index (χ1) is 7.22. The maximum atomic E-state index is 11.7. The number of rotatable bonds is 3. The van der Waals surface area contributed by atoms with Crippen LogP contribution in [0.15, 0.2) is 0 Å². The van der Waals surface area contributed by atoms with Gasteiger partial charge in [-0.2, -0.15) is 0 Å². The van der Waals surface area contributed by atoms with Gasteiger partial charge in [0.2, 0.25) is 5.91 Å². The Morgan fingerprint density at radius 1 is 1.31 bits per heavy atom. The average Bonchev–Trinajstić information content (AvgIpc) is 2.17. The standard InChI is InChI=1S/C10H20N2O3Si/c1-11-8(7-15-16(3,4)5)6-9(13)12(2)10(11)14/h8H,6-7H2,1-5H3. The Bertz CT molecular complexity index is 301. The molecular weight excluding hydrogens is 224 g/mol. The molecular formula is C10H20N2O3Si. The van der Waals surface area contributed by atoms with E-state index >= 15 is 0 Å². The molecule has 3 amide bonds. The Morgan fingerprint density at radius 2 is 1.88 bits per heavy atom. The van der Waals surface area contributed by atoms with Crippen LogP contribution in [0.2, 0.25) is 19.6 Å². The van der Waals surface area contributed by atoms with Crippen molar-refractivity contribution in [2.75, 3.05) is 20.7 Å². The zero-order valence-electron chi connectivity index (χ0n) is 10.6. The lowest BCUT2D eigenvalue weighted by atomic mass is 10.1. The van der Waals surface area contributed by atoms with Crippen molar-refractivity contribution in [3.05, 3.63) is 0 Å². The molecule has 6 heteroatoms. The summed E-state index contributed by atoms with van der Waals surface area (Å²) in [6.45, 7) is 6.72. The normalized spacial score (nSPS) is 22.9. The number of nitrogens with zero attached hydrogens (tertiary/aromatic N) is 2. The topological polar surface area (TPSA) is 49.9 Å². The summed E-state index contributed by atoms with van der Waals surface area (Å²) in [5.41, 5.74) is 0. The van der Waals surface area contributed by atoms with Gasteiger partial charge in [0.25, 0.3) is 0 Å². The van der Waals surface area contributed by atoms with Gasteiger partial charge in [-0.1, -0.05) is 0 Å². The highest BCUT2D eigenvalue weighted by Gasteiger charge is 2.35. The van der Waals surface area contributed by atoms with E-state index in [1.54, 1.807) is 11.9 Å². The largest absolute Gasteiger partial charge is 0.416 e. The van der Waals surface area contributed by atoms with Crippen molar-refractivity contribution < 1.29 is 14.0 Å². The van der Waals surface area contributed by atoms with E-state index in [1.165, 1.54) is 7.05 Å². The van der Waals surface area contributed by atoms with E-state index in [4.69, 9.17) is 4.43 Å². The minimum Gasteiger partial charge on any atom is -0.416 e. The van der Waals surface area contributed by atoms with Crippen molar-refractivity contribution in [2.45, 2.75) is 32.1 Å². The smallest absolute Gasteiger partial charge is 0.326 e. The van der Waals surface area contributed by atoms with E-state index in [0.717, 1.165) is 4.90 Å². The second kappa shape index (κ2) is 4.55. The van der Waals surface area contributed by atoms with Gasteiger partial charge in [-0.25, -0.2) is 4.79 Å². The molecule has 0 aromatic rings. The molecule has 92 valence electrons. The predicted molar refractivity (Wildman–Crippen MR) is 63.6 cm³/mol. The molecule has 1 fully saturated rings. The van der Waals surface area contributed by atoms with Crippen molar-refractivity contribution in [1.29, 1.82) is 0 Å².